The lowest BCUT2D eigenvalue weighted by molar-refractivity contribution is 0.364. The smallest absolute Gasteiger partial charge is 0.216 e. The van der Waals surface area contributed by atoms with Crippen molar-refractivity contribution in [2.75, 3.05) is 13.1 Å². The standard InChI is InChI=1S/C7H14N2O2S/c1-7(2)5-3-9(4-6(5)7)12(8,10)11/h5-6H,3-4H2,1-2H3,(H2,8,10,11). The van der Waals surface area contributed by atoms with Crippen molar-refractivity contribution in [3.05, 3.63) is 0 Å². The summed E-state index contributed by atoms with van der Waals surface area (Å²) in [6, 6.07) is 0. The third kappa shape index (κ3) is 1.000. The second-order valence-electron chi connectivity index (χ2n) is 4.40. The van der Waals surface area contributed by atoms with E-state index in [2.05, 4.69) is 13.8 Å². The molecular weight excluding hydrogens is 176 g/mol. The number of hydrogen-bond donors (Lipinski definition) is 1. The summed E-state index contributed by atoms with van der Waals surface area (Å²) in [4.78, 5) is 0. The van der Waals surface area contributed by atoms with Gasteiger partial charge < -0.3 is 0 Å². The van der Waals surface area contributed by atoms with Crippen LogP contribution < -0.4 is 5.14 Å². The molecule has 2 rings (SSSR count). The van der Waals surface area contributed by atoms with Crippen LogP contribution in [0.1, 0.15) is 13.8 Å². The maximum Gasteiger partial charge on any atom is 0.276 e. The minimum absolute atomic E-state index is 0.348. The predicted octanol–water partition coefficient (Wildman–Crippen LogP) is -0.222. The highest BCUT2D eigenvalue weighted by Gasteiger charge is 2.63. The average molecular weight is 190 g/mol. The van der Waals surface area contributed by atoms with Gasteiger partial charge in [-0.05, 0) is 17.3 Å². The van der Waals surface area contributed by atoms with Gasteiger partial charge in [0.15, 0.2) is 0 Å². The van der Waals surface area contributed by atoms with Crippen molar-refractivity contribution in [3.63, 3.8) is 0 Å². The fourth-order valence-electron chi connectivity index (χ4n) is 2.30. The lowest BCUT2D eigenvalue weighted by Gasteiger charge is -2.18. The van der Waals surface area contributed by atoms with Crippen LogP contribution in [0.15, 0.2) is 0 Å². The molecule has 2 fully saturated rings. The zero-order valence-corrected chi connectivity index (χ0v) is 8.13. The van der Waals surface area contributed by atoms with E-state index in [4.69, 9.17) is 5.14 Å². The first-order chi connectivity index (χ1) is 5.33. The van der Waals surface area contributed by atoms with Gasteiger partial charge in [-0.25, -0.2) is 5.14 Å². The summed E-state index contributed by atoms with van der Waals surface area (Å²) in [5.74, 6) is 1.08. The highest BCUT2D eigenvalue weighted by atomic mass is 32.2. The summed E-state index contributed by atoms with van der Waals surface area (Å²) in [5.41, 5.74) is 0.348. The molecule has 2 aliphatic rings. The van der Waals surface area contributed by atoms with Gasteiger partial charge in [0.25, 0.3) is 10.2 Å². The summed E-state index contributed by atoms with van der Waals surface area (Å²) in [6.07, 6.45) is 0. The Balaban J connectivity index is 2.08. The van der Waals surface area contributed by atoms with E-state index >= 15 is 0 Å². The fraction of sp³-hybridized carbons (Fsp3) is 1.00. The maximum atomic E-state index is 10.9. The van der Waals surface area contributed by atoms with Crippen molar-refractivity contribution in [1.29, 1.82) is 0 Å². The molecule has 70 valence electrons. The maximum absolute atomic E-state index is 10.9. The first-order valence-corrected chi connectivity index (χ1v) is 5.61. The molecule has 2 unspecified atom stereocenters. The van der Waals surface area contributed by atoms with Gasteiger partial charge in [0.1, 0.15) is 0 Å². The van der Waals surface area contributed by atoms with E-state index in [0.29, 0.717) is 30.3 Å². The average Bonchev–Trinajstić information content (AvgIpc) is 2.31. The molecule has 1 aliphatic carbocycles. The minimum Gasteiger partial charge on any atom is -0.216 e. The molecule has 0 aromatic rings. The molecule has 0 radical (unpaired) electrons. The molecule has 0 spiro atoms. The van der Waals surface area contributed by atoms with Crippen molar-refractivity contribution in [2.45, 2.75) is 13.8 Å². The summed E-state index contributed by atoms with van der Waals surface area (Å²) >= 11 is 0. The molecule has 0 amide bonds. The zero-order valence-electron chi connectivity index (χ0n) is 7.32. The summed E-state index contributed by atoms with van der Waals surface area (Å²) in [7, 11) is -3.42. The molecule has 1 saturated carbocycles. The van der Waals surface area contributed by atoms with Gasteiger partial charge in [-0.3, -0.25) is 0 Å². The van der Waals surface area contributed by atoms with E-state index in [0.717, 1.165) is 0 Å². The van der Waals surface area contributed by atoms with Crippen LogP contribution >= 0.6 is 0 Å². The van der Waals surface area contributed by atoms with E-state index in [1.165, 1.54) is 4.31 Å². The number of nitrogens with zero attached hydrogens (tertiary/aromatic N) is 1. The van der Waals surface area contributed by atoms with Gasteiger partial charge in [-0.15, -0.1) is 0 Å². The van der Waals surface area contributed by atoms with Crippen molar-refractivity contribution >= 4 is 10.2 Å². The molecule has 1 saturated heterocycles. The first kappa shape index (κ1) is 8.47. The van der Waals surface area contributed by atoms with Crippen LogP contribution in [0, 0.1) is 17.3 Å². The predicted molar refractivity (Wildman–Crippen MR) is 45.4 cm³/mol. The molecule has 12 heavy (non-hydrogen) atoms. The Morgan fingerprint density at radius 1 is 1.33 bits per heavy atom. The molecule has 2 N–H and O–H groups in total. The van der Waals surface area contributed by atoms with Crippen molar-refractivity contribution in [2.24, 2.45) is 22.4 Å². The minimum atomic E-state index is -3.42. The van der Waals surface area contributed by atoms with Gasteiger partial charge in [0.05, 0.1) is 0 Å². The molecule has 0 bridgehead atoms. The van der Waals surface area contributed by atoms with E-state index in [9.17, 15) is 8.42 Å². The SMILES string of the molecule is CC1(C)C2CN(S(N)(=O)=O)CC21. The van der Waals surface area contributed by atoms with E-state index in [1.54, 1.807) is 0 Å². The van der Waals surface area contributed by atoms with Crippen LogP contribution in [0.3, 0.4) is 0 Å². The Kier molecular flexibility index (Phi) is 1.43. The van der Waals surface area contributed by atoms with Gasteiger partial charge in [0, 0.05) is 13.1 Å². The first-order valence-electron chi connectivity index (χ1n) is 4.11. The third-order valence-electron chi connectivity index (χ3n) is 3.45. The molecule has 0 aromatic heterocycles. The van der Waals surface area contributed by atoms with E-state index in [-0.39, 0.29) is 0 Å². The van der Waals surface area contributed by atoms with Crippen LogP contribution in [0.2, 0.25) is 0 Å². The van der Waals surface area contributed by atoms with Gasteiger partial charge in [-0.1, -0.05) is 13.8 Å². The lowest BCUT2D eigenvalue weighted by Crippen LogP contribution is -2.37. The van der Waals surface area contributed by atoms with Crippen LogP contribution in [0.5, 0.6) is 0 Å². The summed E-state index contributed by atoms with van der Waals surface area (Å²) in [6.45, 7) is 5.61. The topological polar surface area (TPSA) is 63.4 Å². The second kappa shape index (κ2) is 2.02. The third-order valence-corrected chi connectivity index (χ3v) is 4.47. The molecule has 1 heterocycles. The van der Waals surface area contributed by atoms with Crippen molar-refractivity contribution < 1.29 is 8.42 Å². The van der Waals surface area contributed by atoms with Crippen LogP contribution in [0.25, 0.3) is 0 Å². The van der Waals surface area contributed by atoms with Crippen LogP contribution in [0.4, 0.5) is 0 Å². The number of nitrogens with two attached hydrogens (primary N) is 1. The largest absolute Gasteiger partial charge is 0.276 e. The normalized spacial score (nSPS) is 39.6. The van der Waals surface area contributed by atoms with E-state index < -0.39 is 10.2 Å². The Labute approximate surface area is 72.9 Å². The molecule has 2 atom stereocenters. The number of hydrogen-bond acceptors (Lipinski definition) is 2. The molecule has 5 heteroatoms. The fourth-order valence-corrected chi connectivity index (χ4v) is 3.04. The van der Waals surface area contributed by atoms with Gasteiger partial charge in [-0.2, -0.15) is 12.7 Å². The summed E-state index contributed by atoms with van der Waals surface area (Å²) < 4.78 is 23.2. The van der Waals surface area contributed by atoms with Crippen LogP contribution in [-0.4, -0.2) is 25.8 Å². The van der Waals surface area contributed by atoms with Crippen LogP contribution in [-0.2, 0) is 10.2 Å². The van der Waals surface area contributed by atoms with E-state index in [1.807, 2.05) is 0 Å². The Hall–Kier alpha value is -0.130. The molecule has 4 nitrogen and oxygen atoms in total. The Bertz CT molecular complexity index is 295. The lowest BCUT2D eigenvalue weighted by atomic mass is 10.1. The highest BCUT2D eigenvalue weighted by molar-refractivity contribution is 7.86. The highest BCUT2D eigenvalue weighted by Crippen LogP contribution is 2.62. The molecule has 1 aliphatic heterocycles. The second-order valence-corrected chi connectivity index (χ2v) is 5.94. The summed E-state index contributed by atoms with van der Waals surface area (Å²) in [5, 5.41) is 5.01. The number of rotatable bonds is 1. The monoisotopic (exact) mass is 190 g/mol. The van der Waals surface area contributed by atoms with Gasteiger partial charge >= 0.3 is 0 Å². The number of piperidine rings is 1. The van der Waals surface area contributed by atoms with Crippen molar-refractivity contribution in [1.82, 2.24) is 4.31 Å². The number of fused-ring (bicyclic) bond motifs is 1. The molecule has 0 aromatic carbocycles. The Morgan fingerprint density at radius 2 is 1.75 bits per heavy atom. The zero-order chi connectivity index (χ0) is 9.15. The van der Waals surface area contributed by atoms with Crippen molar-refractivity contribution in [3.8, 4) is 0 Å². The molecular formula is C7H14N2O2S. The van der Waals surface area contributed by atoms with Gasteiger partial charge in [0.2, 0.25) is 0 Å². The Morgan fingerprint density at radius 3 is 2.08 bits per heavy atom. The quantitative estimate of drug-likeness (QED) is 0.621.